The van der Waals surface area contributed by atoms with Crippen LogP contribution in [0.3, 0.4) is 0 Å². The van der Waals surface area contributed by atoms with Crippen molar-refractivity contribution in [3.63, 3.8) is 0 Å². The van der Waals surface area contributed by atoms with Crippen molar-refractivity contribution in [2.75, 3.05) is 39.8 Å². The van der Waals surface area contributed by atoms with Crippen LogP contribution in [0.1, 0.15) is 46.0 Å². The number of likely N-dealkylation sites (N-methyl/N-ethyl adjacent to an activating group) is 1. The van der Waals surface area contributed by atoms with Crippen LogP contribution in [0.2, 0.25) is 0 Å². The fourth-order valence-electron chi connectivity index (χ4n) is 3.74. The standard InChI is InChI=1S/C16H33N3/c1-4-9-19-11-5-7-15(13-19)14(2)17-12-16-8-6-10-18(16)3/h14-17H,4-13H2,1-3H3. The first-order valence-corrected chi connectivity index (χ1v) is 8.36. The van der Waals surface area contributed by atoms with Crippen LogP contribution in [-0.2, 0) is 0 Å². The van der Waals surface area contributed by atoms with Crippen molar-refractivity contribution in [2.45, 2.75) is 58.0 Å². The van der Waals surface area contributed by atoms with Crippen molar-refractivity contribution >= 4 is 0 Å². The van der Waals surface area contributed by atoms with E-state index < -0.39 is 0 Å². The van der Waals surface area contributed by atoms with Crippen LogP contribution in [0.5, 0.6) is 0 Å². The molecule has 0 amide bonds. The monoisotopic (exact) mass is 267 g/mol. The van der Waals surface area contributed by atoms with Gasteiger partial charge in [0.25, 0.3) is 0 Å². The summed E-state index contributed by atoms with van der Waals surface area (Å²) in [6, 6.07) is 1.45. The normalized spacial score (nSPS) is 31.7. The lowest BCUT2D eigenvalue weighted by Crippen LogP contribution is -2.47. The van der Waals surface area contributed by atoms with Crippen molar-refractivity contribution in [3.05, 3.63) is 0 Å². The number of hydrogen-bond acceptors (Lipinski definition) is 3. The third kappa shape index (κ3) is 4.44. The van der Waals surface area contributed by atoms with Crippen LogP contribution in [0.4, 0.5) is 0 Å². The highest BCUT2D eigenvalue weighted by atomic mass is 15.2. The molecule has 0 spiro atoms. The van der Waals surface area contributed by atoms with Gasteiger partial charge in [0.15, 0.2) is 0 Å². The van der Waals surface area contributed by atoms with E-state index in [-0.39, 0.29) is 0 Å². The third-order valence-electron chi connectivity index (χ3n) is 5.14. The van der Waals surface area contributed by atoms with Gasteiger partial charge in [-0.3, -0.25) is 0 Å². The molecule has 0 aromatic heterocycles. The average Bonchev–Trinajstić information content (AvgIpc) is 2.82. The fraction of sp³-hybridized carbons (Fsp3) is 1.00. The summed E-state index contributed by atoms with van der Waals surface area (Å²) in [4.78, 5) is 5.18. The largest absolute Gasteiger partial charge is 0.312 e. The summed E-state index contributed by atoms with van der Waals surface area (Å²) >= 11 is 0. The minimum atomic E-state index is 0.675. The van der Waals surface area contributed by atoms with E-state index in [0.717, 1.165) is 12.0 Å². The van der Waals surface area contributed by atoms with E-state index >= 15 is 0 Å². The fourth-order valence-corrected chi connectivity index (χ4v) is 3.74. The second-order valence-electron chi connectivity index (χ2n) is 6.68. The first kappa shape index (κ1) is 15.3. The van der Waals surface area contributed by atoms with Crippen molar-refractivity contribution in [2.24, 2.45) is 5.92 Å². The van der Waals surface area contributed by atoms with E-state index in [1.807, 2.05) is 0 Å². The molecule has 2 aliphatic rings. The van der Waals surface area contributed by atoms with Crippen molar-refractivity contribution in [1.29, 1.82) is 0 Å². The van der Waals surface area contributed by atoms with Gasteiger partial charge in [-0.15, -0.1) is 0 Å². The molecule has 112 valence electrons. The van der Waals surface area contributed by atoms with E-state index in [9.17, 15) is 0 Å². The molecular weight excluding hydrogens is 234 g/mol. The van der Waals surface area contributed by atoms with Gasteiger partial charge < -0.3 is 15.1 Å². The van der Waals surface area contributed by atoms with E-state index in [1.54, 1.807) is 0 Å². The lowest BCUT2D eigenvalue weighted by Gasteiger charge is -2.36. The second-order valence-corrected chi connectivity index (χ2v) is 6.68. The van der Waals surface area contributed by atoms with Crippen LogP contribution in [-0.4, -0.2) is 61.7 Å². The Kier molecular flexibility index (Phi) is 6.11. The molecule has 2 heterocycles. The number of nitrogens with zero attached hydrogens (tertiary/aromatic N) is 2. The second kappa shape index (κ2) is 7.61. The molecular formula is C16H33N3. The van der Waals surface area contributed by atoms with Gasteiger partial charge in [0.05, 0.1) is 0 Å². The molecule has 3 unspecified atom stereocenters. The Morgan fingerprint density at radius 3 is 2.68 bits per heavy atom. The molecule has 3 heteroatoms. The average molecular weight is 267 g/mol. The Balaban J connectivity index is 1.71. The topological polar surface area (TPSA) is 18.5 Å². The van der Waals surface area contributed by atoms with E-state index in [0.29, 0.717) is 6.04 Å². The number of likely N-dealkylation sites (tertiary alicyclic amines) is 2. The van der Waals surface area contributed by atoms with Crippen LogP contribution >= 0.6 is 0 Å². The highest BCUT2D eigenvalue weighted by Gasteiger charge is 2.26. The lowest BCUT2D eigenvalue weighted by atomic mass is 9.91. The molecule has 2 rings (SSSR count). The minimum absolute atomic E-state index is 0.675. The summed E-state index contributed by atoms with van der Waals surface area (Å²) in [5, 5.41) is 3.82. The third-order valence-corrected chi connectivity index (χ3v) is 5.14. The highest BCUT2D eigenvalue weighted by molar-refractivity contribution is 4.84. The predicted molar refractivity (Wildman–Crippen MR) is 82.6 cm³/mol. The number of rotatable bonds is 6. The molecule has 19 heavy (non-hydrogen) atoms. The van der Waals surface area contributed by atoms with Crippen LogP contribution in [0, 0.1) is 5.92 Å². The van der Waals surface area contributed by atoms with Crippen LogP contribution in [0.25, 0.3) is 0 Å². The summed E-state index contributed by atoms with van der Waals surface area (Å²) in [7, 11) is 2.27. The molecule has 3 nitrogen and oxygen atoms in total. The number of hydrogen-bond donors (Lipinski definition) is 1. The quantitative estimate of drug-likeness (QED) is 0.796. The number of piperidine rings is 1. The molecule has 0 aliphatic carbocycles. The smallest absolute Gasteiger partial charge is 0.0218 e. The summed E-state index contributed by atoms with van der Waals surface area (Å²) in [6.07, 6.45) is 6.85. The van der Waals surface area contributed by atoms with Gasteiger partial charge in [-0.05, 0) is 71.6 Å². The maximum atomic E-state index is 3.82. The molecule has 2 saturated heterocycles. The summed E-state index contributed by atoms with van der Waals surface area (Å²) in [5.41, 5.74) is 0. The van der Waals surface area contributed by atoms with Crippen molar-refractivity contribution < 1.29 is 0 Å². The minimum Gasteiger partial charge on any atom is -0.312 e. The zero-order valence-corrected chi connectivity index (χ0v) is 13.2. The molecule has 2 aliphatic heterocycles. The van der Waals surface area contributed by atoms with Gasteiger partial charge in [0.1, 0.15) is 0 Å². The van der Waals surface area contributed by atoms with Gasteiger partial charge >= 0.3 is 0 Å². The zero-order valence-electron chi connectivity index (χ0n) is 13.2. The Bertz CT molecular complexity index is 254. The molecule has 0 bridgehead atoms. The molecule has 1 N–H and O–H groups in total. The Labute approximate surface area is 119 Å². The molecule has 3 atom stereocenters. The van der Waals surface area contributed by atoms with Gasteiger partial charge in [0, 0.05) is 25.2 Å². The summed E-state index contributed by atoms with van der Waals surface area (Å²) in [6.45, 7) is 11.1. The number of nitrogens with one attached hydrogen (secondary N) is 1. The first-order valence-electron chi connectivity index (χ1n) is 8.36. The van der Waals surface area contributed by atoms with E-state index in [1.165, 1.54) is 64.8 Å². The maximum Gasteiger partial charge on any atom is 0.0218 e. The first-order chi connectivity index (χ1) is 9.20. The SMILES string of the molecule is CCCN1CCCC(C(C)NCC2CCCN2C)C1. The maximum absolute atomic E-state index is 3.82. The van der Waals surface area contributed by atoms with Gasteiger partial charge in [-0.1, -0.05) is 6.92 Å². The highest BCUT2D eigenvalue weighted by Crippen LogP contribution is 2.20. The van der Waals surface area contributed by atoms with Gasteiger partial charge in [-0.25, -0.2) is 0 Å². The Morgan fingerprint density at radius 2 is 2.00 bits per heavy atom. The van der Waals surface area contributed by atoms with Crippen molar-refractivity contribution in [1.82, 2.24) is 15.1 Å². The van der Waals surface area contributed by atoms with Gasteiger partial charge in [0.2, 0.25) is 0 Å². The van der Waals surface area contributed by atoms with E-state index in [4.69, 9.17) is 0 Å². The zero-order chi connectivity index (χ0) is 13.7. The van der Waals surface area contributed by atoms with E-state index in [2.05, 4.69) is 36.0 Å². The van der Waals surface area contributed by atoms with Crippen LogP contribution in [0.15, 0.2) is 0 Å². The molecule has 2 fully saturated rings. The molecule has 0 saturated carbocycles. The molecule has 0 aromatic rings. The lowest BCUT2D eigenvalue weighted by molar-refractivity contribution is 0.147. The predicted octanol–water partition coefficient (Wildman–Crippen LogP) is 2.18. The summed E-state index contributed by atoms with van der Waals surface area (Å²) < 4.78 is 0. The summed E-state index contributed by atoms with van der Waals surface area (Å²) in [5.74, 6) is 0.854. The molecule has 0 radical (unpaired) electrons. The van der Waals surface area contributed by atoms with Crippen molar-refractivity contribution in [3.8, 4) is 0 Å². The molecule has 0 aromatic carbocycles. The van der Waals surface area contributed by atoms with Gasteiger partial charge in [-0.2, -0.15) is 0 Å². The Hall–Kier alpha value is -0.120. The van der Waals surface area contributed by atoms with Crippen LogP contribution < -0.4 is 5.32 Å². The Morgan fingerprint density at radius 1 is 1.21 bits per heavy atom.